The monoisotopic (exact) mass is 288 g/mol. The van der Waals surface area contributed by atoms with Gasteiger partial charge in [-0.15, -0.1) is 5.10 Å². The number of para-hydroxylation sites is 1. The molecule has 0 spiro atoms. The Balaban J connectivity index is 2.13. The molecule has 0 fully saturated rings. The Morgan fingerprint density at radius 3 is 2.57 bits per heavy atom. The summed E-state index contributed by atoms with van der Waals surface area (Å²) in [5, 5.41) is 16.5. The first-order chi connectivity index (χ1) is 9.79. The van der Waals surface area contributed by atoms with Gasteiger partial charge in [-0.1, -0.05) is 39.0 Å². The van der Waals surface area contributed by atoms with Gasteiger partial charge >= 0.3 is 0 Å². The Bertz CT molecular complexity index is 643. The molecule has 21 heavy (non-hydrogen) atoms. The van der Waals surface area contributed by atoms with Crippen LogP contribution < -0.4 is 0 Å². The highest BCUT2D eigenvalue weighted by Crippen LogP contribution is 2.19. The molecule has 0 unspecified atom stereocenters. The molecule has 0 saturated heterocycles. The summed E-state index contributed by atoms with van der Waals surface area (Å²) < 4.78 is 0. The number of amides is 1. The summed E-state index contributed by atoms with van der Waals surface area (Å²) in [5.74, 6) is 0.687. The van der Waals surface area contributed by atoms with Crippen LogP contribution in [0.25, 0.3) is 0 Å². The molecule has 0 bridgehead atoms. The number of benzene rings is 1. The van der Waals surface area contributed by atoms with Crippen molar-refractivity contribution in [1.82, 2.24) is 20.1 Å². The van der Waals surface area contributed by atoms with E-state index in [9.17, 15) is 9.90 Å². The molecule has 0 radical (unpaired) electrons. The quantitative estimate of drug-likeness (QED) is 0.906. The number of aromatic amines is 1. The molecule has 6 heteroatoms. The van der Waals surface area contributed by atoms with Crippen LogP contribution in [0.1, 0.15) is 42.8 Å². The standard InChI is InChI=1S/C15H20N4O2/c1-15(2,3)14-16-12(17-18-14)13(21)19(4)9-10-7-5-6-8-11(10)20/h5-8,20H,9H2,1-4H3,(H,16,17,18). The van der Waals surface area contributed by atoms with Crippen LogP contribution in [0.5, 0.6) is 5.75 Å². The molecule has 6 nitrogen and oxygen atoms in total. The average Bonchev–Trinajstić information content (AvgIpc) is 2.90. The van der Waals surface area contributed by atoms with Crippen LogP contribution >= 0.6 is 0 Å². The van der Waals surface area contributed by atoms with E-state index in [1.165, 1.54) is 4.90 Å². The van der Waals surface area contributed by atoms with Crippen molar-refractivity contribution >= 4 is 5.91 Å². The summed E-state index contributed by atoms with van der Waals surface area (Å²) in [6.45, 7) is 6.28. The van der Waals surface area contributed by atoms with Gasteiger partial charge < -0.3 is 10.0 Å². The molecular weight excluding hydrogens is 268 g/mol. The first-order valence-corrected chi connectivity index (χ1v) is 6.74. The van der Waals surface area contributed by atoms with Gasteiger partial charge in [0.1, 0.15) is 11.6 Å². The summed E-state index contributed by atoms with van der Waals surface area (Å²) in [6.07, 6.45) is 0. The minimum Gasteiger partial charge on any atom is -0.508 e. The Kier molecular flexibility index (Phi) is 3.97. The van der Waals surface area contributed by atoms with Gasteiger partial charge in [0.25, 0.3) is 5.91 Å². The minimum atomic E-state index is -0.287. The van der Waals surface area contributed by atoms with E-state index in [4.69, 9.17) is 0 Å². The van der Waals surface area contributed by atoms with E-state index in [1.54, 1.807) is 25.2 Å². The number of carbonyl (C=O) groups is 1. The second-order valence-electron chi connectivity index (χ2n) is 6.05. The van der Waals surface area contributed by atoms with Crippen molar-refractivity contribution in [3.8, 4) is 5.75 Å². The fraction of sp³-hybridized carbons (Fsp3) is 0.400. The molecule has 0 aliphatic rings. The van der Waals surface area contributed by atoms with Crippen molar-refractivity contribution in [1.29, 1.82) is 0 Å². The van der Waals surface area contributed by atoms with Gasteiger partial charge in [-0.05, 0) is 6.07 Å². The predicted octanol–water partition coefficient (Wildman–Crippen LogP) is 2.08. The first-order valence-electron chi connectivity index (χ1n) is 6.74. The number of nitrogens with one attached hydrogen (secondary N) is 1. The lowest BCUT2D eigenvalue weighted by Gasteiger charge is -2.16. The summed E-state index contributed by atoms with van der Waals surface area (Å²) in [6, 6.07) is 6.93. The fourth-order valence-corrected chi connectivity index (χ4v) is 1.84. The molecule has 1 aromatic carbocycles. The van der Waals surface area contributed by atoms with Gasteiger partial charge in [-0.25, -0.2) is 4.98 Å². The number of carbonyl (C=O) groups excluding carboxylic acids is 1. The lowest BCUT2D eigenvalue weighted by molar-refractivity contribution is 0.0772. The van der Waals surface area contributed by atoms with Crippen LogP contribution in [0.2, 0.25) is 0 Å². The SMILES string of the molecule is CN(Cc1ccccc1O)C(=O)c1n[nH]c(C(C)(C)C)n1. The number of rotatable bonds is 3. The zero-order chi connectivity index (χ0) is 15.6. The van der Waals surface area contributed by atoms with E-state index < -0.39 is 0 Å². The van der Waals surface area contributed by atoms with Gasteiger partial charge in [-0.2, -0.15) is 0 Å². The summed E-state index contributed by atoms with van der Waals surface area (Å²) in [7, 11) is 1.65. The Labute approximate surface area is 123 Å². The highest BCUT2D eigenvalue weighted by Gasteiger charge is 2.23. The maximum absolute atomic E-state index is 12.3. The minimum absolute atomic E-state index is 0.137. The molecule has 112 valence electrons. The topological polar surface area (TPSA) is 82.1 Å². The molecule has 0 aliphatic heterocycles. The second-order valence-corrected chi connectivity index (χ2v) is 6.05. The maximum atomic E-state index is 12.3. The molecule has 1 amide bonds. The van der Waals surface area contributed by atoms with E-state index in [0.29, 0.717) is 17.9 Å². The largest absolute Gasteiger partial charge is 0.508 e. The van der Waals surface area contributed by atoms with Crippen LogP contribution in [0, 0.1) is 0 Å². The molecule has 2 aromatic rings. The third kappa shape index (κ3) is 3.39. The van der Waals surface area contributed by atoms with Crippen LogP contribution in [-0.2, 0) is 12.0 Å². The maximum Gasteiger partial charge on any atom is 0.293 e. The van der Waals surface area contributed by atoms with Crippen molar-refractivity contribution in [2.75, 3.05) is 7.05 Å². The average molecular weight is 288 g/mol. The summed E-state index contributed by atoms with van der Waals surface area (Å²) in [4.78, 5) is 18.0. The smallest absolute Gasteiger partial charge is 0.293 e. The molecule has 0 aliphatic carbocycles. The number of phenolic OH excluding ortho intramolecular Hbond substituents is 1. The first kappa shape index (κ1) is 15.0. The molecule has 0 saturated carbocycles. The van der Waals surface area contributed by atoms with E-state index in [2.05, 4.69) is 15.2 Å². The number of hydrogen-bond donors (Lipinski definition) is 2. The zero-order valence-electron chi connectivity index (χ0n) is 12.7. The van der Waals surface area contributed by atoms with Crippen LogP contribution in [0.3, 0.4) is 0 Å². The third-order valence-electron chi connectivity index (χ3n) is 3.13. The van der Waals surface area contributed by atoms with Crippen LogP contribution in [-0.4, -0.2) is 38.1 Å². The Morgan fingerprint density at radius 1 is 1.33 bits per heavy atom. The van der Waals surface area contributed by atoms with Gasteiger partial charge in [0.15, 0.2) is 0 Å². The van der Waals surface area contributed by atoms with Gasteiger partial charge in [0.05, 0.1) is 0 Å². The molecule has 2 rings (SSSR count). The highest BCUT2D eigenvalue weighted by molar-refractivity contribution is 5.90. The number of aromatic hydroxyl groups is 1. The van der Waals surface area contributed by atoms with Gasteiger partial charge in [-0.3, -0.25) is 9.89 Å². The molecule has 1 heterocycles. The predicted molar refractivity (Wildman–Crippen MR) is 79.0 cm³/mol. The highest BCUT2D eigenvalue weighted by atomic mass is 16.3. The molecule has 2 N–H and O–H groups in total. The van der Waals surface area contributed by atoms with E-state index in [-0.39, 0.29) is 22.9 Å². The second kappa shape index (κ2) is 5.55. The third-order valence-corrected chi connectivity index (χ3v) is 3.13. The lowest BCUT2D eigenvalue weighted by atomic mass is 9.96. The van der Waals surface area contributed by atoms with Crippen molar-refractivity contribution in [3.05, 3.63) is 41.5 Å². The molecule has 1 aromatic heterocycles. The number of H-pyrrole nitrogens is 1. The van der Waals surface area contributed by atoms with Gasteiger partial charge in [0.2, 0.25) is 5.82 Å². The van der Waals surface area contributed by atoms with E-state index in [0.717, 1.165) is 0 Å². The summed E-state index contributed by atoms with van der Waals surface area (Å²) in [5.41, 5.74) is 0.488. The Morgan fingerprint density at radius 2 is 2.00 bits per heavy atom. The van der Waals surface area contributed by atoms with Crippen LogP contribution in [0.15, 0.2) is 24.3 Å². The number of nitrogens with zero attached hydrogens (tertiary/aromatic N) is 3. The lowest BCUT2D eigenvalue weighted by Crippen LogP contribution is -2.27. The number of hydrogen-bond acceptors (Lipinski definition) is 4. The zero-order valence-corrected chi connectivity index (χ0v) is 12.7. The number of aromatic nitrogens is 3. The van der Waals surface area contributed by atoms with Gasteiger partial charge in [0, 0.05) is 24.6 Å². The van der Waals surface area contributed by atoms with Crippen molar-refractivity contribution in [2.45, 2.75) is 32.7 Å². The van der Waals surface area contributed by atoms with E-state index in [1.807, 2.05) is 26.8 Å². The van der Waals surface area contributed by atoms with Crippen molar-refractivity contribution in [2.24, 2.45) is 0 Å². The summed E-state index contributed by atoms with van der Waals surface area (Å²) >= 11 is 0. The van der Waals surface area contributed by atoms with Crippen molar-refractivity contribution < 1.29 is 9.90 Å². The molecular formula is C15H20N4O2. The molecule has 0 atom stereocenters. The number of phenols is 1. The van der Waals surface area contributed by atoms with E-state index >= 15 is 0 Å². The van der Waals surface area contributed by atoms with Crippen LogP contribution in [0.4, 0.5) is 0 Å². The normalized spacial score (nSPS) is 11.4. The Hall–Kier alpha value is -2.37. The van der Waals surface area contributed by atoms with Crippen molar-refractivity contribution in [3.63, 3.8) is 0 Å². The fourth-order valence-electron chi connectivity index (χ4n) is 1.84.